The first-order valence-electron chi connectivity index (χ1n) is 9.21. The molecule has 7 heteroatoms. The van der Waals surface area contributed by atoms with E-state index in [0.29, 0.717) is 16.8 Å². The first kappa shape index (κ1) is 16.8. The topological polar surface area (TPSA) is 79.6 Å². The summed E-state index contributed by atoms with van der Waals surface area (Å²) in [5.74, 6) is 0.399. The molecule has 0 saturated carbocycles. The average Bonchev–Trinajstić information content (AvgIpc) is 3.21. The SMILES string of the molecule is O=C(C1CCN(c2ccc([N+](=O)[O-])c3cccnc23)CC1)N1CCCC1. The van der Waals surface area contributed by atoms with Crippen LogP contribution in [-0.2, 0) is 4.79 Å². The largest absolute Gasteiger partial charge is 0.370 e. The molecule has 0 spiro atoms. The summed E-state index contributed by atoms with van der Waals surface area (Å²) in [5.41, 5.74) is 1.65. The molecule has 4 rings (SSSR count). The number of anilines is 1. The molecule has 1 aromatic carbocycles. The lowest BCUT2D eigenvalue weighted by Crippen LogP contribution is -2.41. The number of carbonyl (C=O) groups excluding carboxylic acids is 1. The van der Waals surface area contributed by atoms with Crippen LogP contribution in [0.25, 0.3) is 10.9 Å². The number of hydrogen-bond acceptors (Lipinski definition) is 5. The van der Waals surface area contributed by atoms with Crippen molar-refractivity contribution in [3.63, 3.8) is 0 Å². The van der Waals surface area contributed by atoms with Gasteiger partial charge in [-0.3, -0.25) is 19.9 Å². The van der Waals surface area contributed by atoms with E-state index in [4.69, 9.17) is 0 Å². The number of piperidine rings is 1. The molecule has 7 nitrogen and oxygen atoms in total. The van der Waals surface area contributed by atoms with Gasteiger partial charge in [-0.25, -0.2) is 0 Å². The second kappa shape index (κ2) is 6.90. The third kappa shape index (κ3) is 2.98. The molecule has 0 aliphatic carbocycles. The summed E-state index contributed by atoms with van der Waals surface area (Å²) in [5, 5.41) is 11.8. The number of benzene rings is 1. The maximum absolute atomic E-state index is 12.6. The Morgan fingerprint density at radius 2 is 1.85 bits per heavy atom. The number of nitro benzene ring substituents is 1. The quantitative estimate of drug-likeness (QED) is 0.625. The molecule has 26 heavy (non-hydrogen) atoms. The number of hydrogen-bond donors (Lipinski definition) is 0. The van der Waals surface area contributed by atoms with Gasteiger partial charge in [0.25, 0.3) is 5.69 Å². The zero-order chi connectivity index (χ0) is 18.1. The number of likely N-dealkylation sites (tertiary alicyclic amines) is 1. The summed E-state index contributed by atoms with van der Waals surface area (Å²) >= 11 is 0. The molecule has 2 fully saturated rings. The van der Waals surface area contributed by atoms with E-state index in [1.54, 1.807) is 30.5 Å². The lowest BCUT2D eigenvalue weighted by atomic mass is 9.94. The van der Waals surface area contributed by atoms with Crippen LogP contribution in [0, 0.1) is 16.0 Å². The van der Waals surface area contributed by atoms with E-state index in [0.717, 1.165) is 57.5 Å². The zero-order valence-corrected chi connectivity index (χ0v) is 14.6. The highest BCUT2D eigenvalue weighted by atomic mass is 16.6. The fraction of sp³-hybridized carbons (Fsp3) is 0.474. The molecule has 1 amide bonds. The third-order valence-corrected chi connectivity index (χ3v) is 5.52. The second-order valence-electron chi connectivity index (χ2n) is 7.05. The summed E-state index contributed by atoms with van der Waals surface area (Å²) in [6, 6.07) is 6.81. The zero-order valence-electron chi connectivity index (χ0n) is 14.6. The molecular weight excluding hydrogens is 332 g/mol. The van der Waals surface area contributed by atoms with Gasteiger partial charge in [0.1, 0.15) is 5.52 Å². The third-order valence-electron chi connectivity index (χ3n) is 5.52. The van der Waals surface area contributed by atoms with Crippen LogP contribution < -0.4 is 4.90 Å². The van der Waals surface area contributed by atoms with Crippen molar-refractivity contribution < 1.29 is 9.72 Å². The van der Waals surface area contributed by atoms with Crippen LogP contribution in [0.2, 0.25) is 0 Å². The van der Waals surface area contributed by atoms with E-state index in [1.807, 2.05) is 4.90 Å². The Morgan fingerprint density at radius 1 is 1.12 bits per heavy atom. The van der Waals surface area contributed by atoms with Gasteiger partial charge < -0.3 is 9.80 Å². The van der Waals surface area contributed by atoms with Gasteiger partial charge in [-0.2, -0.15) is 0 Å². The van der Waals surface area contributed by atoms with Crippen molar-refractivity contribution in [1.82, 2.24) is 9.88 Å². The minimum atomic E-state index is -0.366. The van der Waals surface area contributed by atoms with E-state index in [-0.39, 0.29) is 16.5 Å². The van der Waals surface area contributed by atoms with Crippen LogP contribution >= 0.6 is 0 Å². The van der Waals surface area contributed by atoms with Crippen LogP contribution in [0.1, 0.15) is 25.7 Å². The standard InChI is InChI=1S/C19H22N4O3/c24-19(22-10-1-2-11-22)14-7-12-21(13-8-14)17-6-5-16(23(25)26)15-4-3-9-20-18(15)17/h3-6,9,14H,1-2,7-8,10-13H2. The van der Waals surface area contributed by atoms with E-state index < -0.39 is 0 Å². The number of rotatable bonds is 3. The highest BCUT2D eigenvalue weighted by molar-refractivity contribution is 5.97. The second-order valence-corrected chi connectivity index (χ2v) is 7.05. The van der Waals surface area contributed by atoms with Crippen molar-refractivity contribution in [3.8, 4) is 0 Å². The van der Waals surface area contributed by atoms with Gasteiger partial charge in [-0.15, -0.1) is 0 Å². The Bertz CT molecular complexity index is 840. The number of non-ortho nitro benzene ring substituents is 1. The Kier molecular flexibility index (Phi) is 4.44. The highest BCUT2D eigenvalue weighted by Gasteiger charge is 2.30. The first-order valence-corrected chi connectivity index (χ1v) is 9.21. The number of nitro groups is 1. The van der Waals surface area contributed by atoms with Crippen molar-refractivity contribution in [3.05, 3.63) is 40.6 Å². The molecule has 2 aliphatic heterocycles. The minimum Gasteiger partial charge on any atom is -0.370 e. The molecule has 0 N–H and O–H groups in total. The molecule has 136 valence electrons. The average molecular weight is 354 g/mol. The number of nitrogens with zero attached hydrogens (tertiary/aromatic N) is 4. The maximum Gasteiger partial charge on any atom is 0.278 e. The Morgan fingerprint density at radius 3 is 2.54 bits per heavy atom. The van der Waals surface area contributed by atoms with Gasteiger partial charge in [0.05, 0.1) is 16.0 Å². The Labute approximate surface area is 151 Å². The van der Waals surface area contributed by atoms with E-state index in [1.165, 1.54) is 0 Å². The van der Waals surface area contributed by atoms with Gasteiger partial charge in [0.2, 0.25) is 5.91 Å². The summed E-state index contributed by atoms with van der Waals surface area (Å²) in [4.78, 5) is 32.1. The summed E-state index contributed by atoms with van der Waals surface area (Å²) in [7, 11) is 0. The van der Waals surface area contributed by atoms with Crippen molar-refractivity contribution in [2.24, 2.45) is 5.92 Å². The van der Waals surface area contributed by atoms with Crippen LogP contribution in [0.4, 0.5) is 11.4 Å². The summed E-state index contributed by atoms with van der Waals surface area (Å²) in [6.07, 6.45) is 5.54. The molecule has 3 heterocycles. The van der Waals surface area contributed by atoms with Gasteiger partial charge in [0, 0.05) is 44.4 Å². The number of carbonyl (C=O) groups is 1. The number of aromatic nitrogens is 1. The molecule has 0 unspecified atom stereocenters. The van der Waals surface area contributed by atoms with Crippen molar-refractivity contribution in [1.29, 1.82) is 0 Å². The Balaban J connectivity index is 1.54. The molecule has 0 bridgehead atoms. The first-order chi connectivity index (χ1) is 12.6. The Hall–Kier alpha value is -2.70. The minimum absolute atomic E-state index is 0.0796. The van der Waals surface area contributed by atoms with Crippen molar-refractivity contribution >= 4 is 28.2 Å². The fourth-order valence-electron chi connectivity index (χ4n) is 4.12. The molecule has 0 atom stereocenters. The van der Waals surface area contributed by atoms with Crippen molar-refractivity contribution in [2.45, 2.75) is 25.7 Å². The van der Waals surface area contributed by atoms with Gasteiger partial charge >= 0.3 is 0 Å². The molecule has 2 saturated heterocycles. The predicted octanol–water partition coefficient (Wildman–Crippen LogP) is 2.98. The van der Waals surface area contributed by atoms with E-state index >= 15 is 0 Å². The van der Waals surface area contributed by atoms with Gasteiger partial charge in [-0.1, -0.05) is 0 Å². The molecule has 1 aromatic heterocycles. The van der Waals surface area contributed by atoms with Crippen LogP contribution in [-0.4, -0.2) is 46.9 Å². The lowest BCUT2D eigenvalue weighted by Gasteiger charge is -2.34. The smallest absolute Gasteiger partial charge is 0.278 e. The van der Waals surface area contributed by atoms with E-state index in [9.17, 15) is 14.9 Å². The molecular formula is C19H22N4O3. The molecule has 2 aromatic rings. The maximum atomic E-state index is 12.6. The summed E-state index contributed by atoms with van der Waals surface area (Å²) in [6.45, 7) is 3.34. The van der Waals surface area contributed by atoms with Crippen LogP contribution in [0.15, 0.2) is 30.5 Å². The number of pyridine rings is 1. The number of amides is 1. The van der Waals surface area contributed by atoms with Crippen LogP contribution in [0.5, 0.6) is 0 Å². The normalized spacial score (nSPS) is 18.5. The van der Waals surface area contributed by atoms with Gasteiger partial charge in [0.15, 0.2) is 0 Å². The van der Waals surface area contributed by atoms with Crippen molar-refractivity contribution in [2.75, 3.05) is 31.1 Å². The number of fused-ring (bicyclic) bond motifs is 1. The summed E-state index contributed by atoms with van der Waals surface area (Å²) < 4.78 is 0. The predicted molar refractivity (Wildman–Crippen MR) is 99.1 cm³/mol. The molecule has 0 radical (unpaired) electrons. The van der Waals surface area contributed by atoms with Crippen LogP contribution in [0.3, 0.4) is 0 Å². The molecule has 2 aliphatic rings. The van der Waals surface area contributed by atoms with E-state index in [2.05, 4.69) is 9.88 Å². The highest BCUT2D eigenvalue weighted by Crippen LogP contribution is 2.34. The monoisotopic (exact) mass is 354 g/mol. The van der Waals surface area contributed by atoms with Gasteiger partial charge in [-0.05, 0) is 43.9 Å². The fourth-order valence-corrected chi connectivity index (χ4v) is 4.12. The lowest BCUT2D eigenvalue weighted by molar-refractivity contribution is -0.383.